The number of hydrogen-bond acceptors (Lipinski definition) is 2. The molecule has 0 saturated heterocycles. The molecule has 116 valence electrons. The zero-order valence-corrected chi connectivity index (χ0v) is 13.0. The minimum Gasteiger partial charge on any atom is -0.388 e. The molecular weight excluding hydrogens is 282 g/mol. The molecule has 0 spiro atoms. The van der Waals surface area contributed by atoms with Crippen molar-refractivity contribution < 1.29 is 5.11 Å². The average molecular weight is 303 g/mol. The molecule has 0 bridgehead atoms. The molecule has 2 N–H and O–H groups in total. The van der Waals surface area contributed by atoms with Gasteiger partial charge < -0.3 is 10.4 Å². The number of para-hydroxylation sites is 1. The molecule has 2 atom stereocenters. The fourth-order valence-corrected chi connectivity index (χ4v) is 2.73. The molecule has 0 aliphatic rings. The molecule has 0 heterocycles. The molecule has 0 unspecified atom stereocenters. The molecule has 0 saturated carbocycles. The van der Waals surface area contributed by atoms with E-state index in [-0.39, 0.29) is 6.04 Å². The highest BCUT2D eigenvalue weighted by molar-refractivity contribution is 5.45. The van der Waals surface area contributed by atoms with Crippen molar-refractivity contribution >= 4 is 5.69 Å². The van der Waals surface area contributed by atoms with Crippen LogP contribution in [-0.2, 0) is 0 Å². The van der Waals surface area contributed by atoms with Gasteiger partial charge in [0.25, 0.3) is 0 Å². The lowest BCUT2D eigenvalue weighted by atomic mass is 9.96. The SMILES string of the molecule is O[C@H](C[C@H](Nc1ccccc1)c1ccccc1)c1ccccc1. The van der Waals surface area contributed by atoms with Crippen molar-refractivity contribution in [2.24, 2.45) is 0 Å². The van der Waals surface area contributed by atoms with Crippen LogP contribution in [0.15, 0.2) is 91.0 Å². The molecular formula is C21H21NO. The van der Waals surface area contributed by atoms with Gasteiger partial charge in [0.05, 0.1) is 12.1 Å². The van der Waals surface area contributed by atoms with Crippen LogP contribution >= 0.6 is 0 Å². The summed E-state index contributed by atoms with van der Waals surface area (Å²) in [5.74, 6) is 0. The standard InChI is InChI=1S/C21H21NO/c23-21(18-12-6-2-7-13-18)16-20(17-10-4-1-5-11-17)22-19-14-8-3-9-15-19/h1-15,20-23H,16H2/t20-,21+/m0/s1. The van der Waals surface area contributed by atoms with Crippen LogP contribution < -0.4 is 5.32 Å². The van der Waals surface area contributed by atoms with Crippen LogP contribution in [0.4, 0.5) is 5.69 Å². The number of anilines is 1. The number of rotatable bonds is 6. The van der Waals surface area contributed by atoms with Crippen LogP contribution in [0.2, 0.25) is 0 Å². The Bertz CT molecular complexity index is 698. The quantitative estimate of drug-likeness (QED) is 0.674. The van der Waals surface area contributed by atoms with Gasteiger partial charge in [-0.25, -0.2) is 0 Å². The highest BCUT2D eigenvalue weighted by Crippen LogP contribution is 2.29. The first kappa shape index (κ1) is 15.3. The lowest BCUT2D eigenvalue weighted by Crippen LogP contribution is -2.14. The van der Waals surface area contributed by atoms with Gasteiger partial charge in [0, 0.05) is 12.1 Å². The van der Waals surface area contributed by atoms with Gasteiger partial charge in [0.2, 0.25) is 0 Å². The Morgan fingerprint density at radius 1 is 0.652 bits per heavy atom. The molecule has 3 rings (SSSR count). The lowest BCUT2D eigenvalue weighted by Gasteiger charge is -2.23. The van der Waals surface area contributed by atoms with E-state index < -0.39 is 6.10 Å². The van der Waals surface area contributed by atoms with Gasteiger partial charge in [-0.1, -0.05) is 78.9 Å². The maximum Gasteiger partial charge on any atom is 0.0812 e. The van der Waals surface area contributed by atoms with Crippen LogP contribution in [0, 0.1) is 0 Å². The van der Waals surface area contributed by atoms with Crippen LogP contribution in [0.1, 0.15) is 29.7 Å². The summed E-state index contributed by atoms with van der Waals surface area (Å²) in [7, 11) is 0. The molecule has 2 heteroatoms. The Hall–Kier alpha value is -2.58. The first-order valence-electron chi connectivity index (χ1n) is 7.92. The Balaban J connectivity index is 1.81. The third kappa shape index (κ3) is 4.21. The maximum atomic E-state index is 10.6. The normalized spacial score (nSPS) is 13.3. The second kappa shape index (κ2) is 7.61. The number of aliphatic hydroxyl groups is 1. The first-order valence-corrected chi connectivity index (χ1v) is 7.92. The van der Waals surface area contributed by atoms with E-state index in [1.54, 1.807) is 0 Å². The summed E-state index contributed by atoms with van der Waals surface area (Å²) in [5.41, 5.74) is 3.18. The lowest BCUT2D eigenvalue weighted by molar-refractivity contribution is 0.160. The van der Waals surface area contributed by atoms with E-state index in [0.717, 1.165) is 11.3 Å². The molecule has 0 aromatic heterocycles. The molecule has 2 nitrogen and oxygen atoms in total. The zero-order valence-electron chi connectivity index (χ0n) is 13.0. The maximum absolute atomic E-state index is 10.6. The summed E-state index contributed by atoms with van der Waals surface area (Å²) < 4.78 is 0. The third-order valence-electron chi connectivity index (χ3n) is 3.96. The molecule has 0 radical (unpaired) electrons. The zero-order chi connectivity index (χ0) is 15.9. The van der Waals surface area contributed by atoms with E-state index in [2.05, 4.69) is 17.4 Å². The van der Waals surface area contributed by atoms with Crippen LogP contribution in [-0.4, -0.2) is 5.11 Å². The first-order chi connectivity index (χ1) is 11.3. The fourth-order valence-electron chi connectivity index (χ4n) is 2.73. The van der Waals surface area contributed by atoms with Gasteiger partial charge in [-0.15, -0.1) is 0 Å². The van der Waals surface area contributed by atoms with Gasteiger partial charge in [0.15, 0.2) is 0 Å². The summed E-state index contributed by atoms with van der Waals surface area (Å²) in [6.07, 6.45) is 0.112. The van der Waals surface area contributed by atoms with Crippen LogP contribution in [0.25, 0.3) is 0 Å². The van der Waals surface area contributed by atoms with Crippen molar-refractivity contribution in [2.75, 3.05) is 5.32 Å². The predicted octanol–water partition coefficient (Wildman–Crippen LogP) is 4.96. The average Bonchev–Trinajstić information content (AvgIpc) is 2.63. The van der Waals surface area contributed by atoms with Gasteiger partial charge >= 0.3 is 0 Å². The van der Waals surface area contributed by atoms with E-state index >= 15 is 0 Å². The topological polar surface area (TPSA) is 32.3 Å². The monoisotopic (exact) mass is 303 g/mol. The highest BCUT2D eigenvalue weighted by Gasteiger charge is 2.17. The van der Waals surface area contributed by atoms with Crippen LogP contribution in [0.3, 0.4) is 0 Å². The Labute approximate surface area is 137 Å². The summed E-state index contributed by atoms with van der Waals surface area (Å²) in [4.78, 5) is 0. The second-order valence-electron chi connectivity index (χ2n) is 5.64. The van der Waals surface area contributed by atoms with Crippen molar-refractivity contribution in [1.29, 1.82) is 0 Å². The van der Waals surface area contributed by atoms with E-state index in [1.165, 1.54) is 5.56 Å². The molecule has 3 aromatic carbocycles. The Kier molecular flexibility index (Phi) is 5.07. The number of nitrogens with one attached hydrogen (secondary N) is 1. The third-order valence-corrected chi connectivity index (χ3v) is 3.96. The summed E-state index contributed by atoms with van der Waals surface area (Å²) in [6, 6.07) is 30.3. The van der Waals surface area contributed by atoms with Crippen molar-refractivity contribution in [3.63, 3.8) is 0 Å². The summed E-state index contributed by atoms with van der Waals surface area (Å²) >= 11 is 0. The number of aliphatic hydroxyl groups excluding tert-OH is 1. The van der Waals surface area contributed by atoms with E-state index in [1.807, 2.05) is 78.9 Å². The number of benzene rings is 3. The molecule has 0 fully saturated rings. The van der Waals surface area contributed by atoms with E-state index in [9.17, 15) is 5.11 Å². The Morgan fingerprint density at radius 3 is 1.70 bits per heavy atom. The van der Waals surface area contributed by atoms with Crippen molar-refractivity contribution in [3.8, 4) is 0 Å². The molecule has 3 aromatic rings. The van der Waals surface area contributed by atoms with Gasteiger partial charge in [-0.2, -0.15) is 0 Å². The van der Waals surface area contributed by atoms with E-state index in [4.69, 9.17) is 0 Å². The van der Waals surface area contributed by atoms with E-state index in [0.29, 0.717) is 6.42 Å². The van der Waals surface area contributed by atoms with Gasteiger partial charge in [0.1, 0.15) is 0 Å². The van der Waals surface area contributed by atoms with Crippen molar-refractivity contribution in [2.45, 2.75) is 18.6 Å². The minimum atomic E-state index is -0.502. The summed E-state index contributed by atoms with van der Waals surface area (Å²) in [6.45, 7) is 0. The minimum absolute atomic E-state index is 0.0498. The molecule has 0 amide bonds. The van der Waals surface area contributed by atoms with Gasteiger partial charge in [-0.3, -0.25) is 0 Å². The van der Waals surface area contributed by atoms with Crippen molar-refractivity contribution in [1.82, 2.24) is 0 Å². The molecule has 0 aliphatic carbocycles. The van der Waals surface area contributed by atoms with Crippen molar-refractivity contribution in [3.05, 3.63) is 102 Å². The smallest absolute Gasteiger partial charge is 0.0812 e. The fraction of sp³-hybridized carbons (Fsp3) is 0.143. The largest absolute Gasteiger partial charge is 0.388 e. The Morgan fingerprint density at radius 2 is 1.13 bits per heavy atom. The molecule has 23 heavy (non-hydrogen) atoms. The second-order valence-corrected chi connectivity index (χ2v) is 5.64. The highest BCUT2D eigenvalue weighted by atomic mass is 16.3. The van der Waals surface area contributed by atoms with Gasteiger partial charge in [-0.05, 0) is 23.3 Å². The van der Waals surface area contributed by atoms with Crippen LogP contribution in [0.5, 0.6) is 0 Å². The molecule has 0 aliphatic heterocycles. The predicted molar refractivity (Wildman–Crippen MR) is 95.3 cm³/mol. The summed E-state index contributed by atoms with van der Waals surface area (Å²) in [5, 5.41) is 14.1. The number of hydrogen-bond donors (Lipinski definition) is 2.